The Bertz CT molecular complexity index is 1210. The molecular formula is C20H23N5O8S2. The van der Waals surface area contributed by atoms with Gasteiger partial charge in [0.1, 0.15) is 18.4 Å². The van der Waals surface area contributed by atoms with Crippen molar-refractivity contribution < 1.29 is 31.9 Å². The molecule has 0 bridgehead atoms. The quantitative estimate of drug-likeness (QED) is 0.303. The fraction of sp³-hybridized carbons (Fsp3) is 0.450. The highest BCUT2D eigenvalue weighted by Gasteiger charge is 2.33. The van der Waals surface area contributed by atoms with Crippen molar-refractivity contribution in [3.63, 3.8) is 0 Å². The molecule has 0 radical (unpaired) electrons. The summed E-state index contributed by atoms with van der Waals surface area (Å²) in [5.74, 6) is -0.358. The highest BCUT2D eigenvalue weighted by Crippen LogP contribution is 2.27. The first-order valence-electron chi connectivity index (χ1n) is 10.6. The molecule has 13 nitrogen and oxygen atoms in total. The standard InChI is InChI=1S/C20H23N5O8S2/c1-35(30,31)33-16-9-24(10-16)19-22-17(12-34-19)18(26)21-14-6-7-23(8-14)20(27)32-11-13-2-4-15(5-3-13)25(28)29/h2-5,12,14,16H,6-11H2,1H3,(H,21,26)/t14-/m1/s1. The molecule has 35 heavy (non-hydrogen) atoms. The van der Waals surface area contributed by atoms with Crippen molar-refractivity contribution in [3.8, 4) is 0 Å². The summed E-state index contributed by atoms with van der Waals surface area (Å²) < 4.78 is 32.5. The maximum Gasteiger partial charge on any atom is 0.410 e. The van der Waals surface area contributed by atoms with E-state index in [1.54, 1.807) is 5.38 Å². The molecule has 0 saturated carbocycles. The number of anilines is 1. The number of thiazole rings is 1. The van der Waals surface area contributed by atoms with Gasteiger partial charge >= 0.3 is 6.09 Å². The number of benzene rings is 1. The van der Waals surface area contributed by atoms with Gasteiger partial charge in [-0.05, 0) is 24.1 Å². The molecule has 1 aromatic carbocycles. The molecule has 1 N–H and O–H groups in total. The molecule has 15 heteroatoms. The van der Waals surface area contributed by atoms with E-state index in [9.17, 15) is 28.1 Å². The molecule has 2 fully saturated rings. The minimum Gasteiger partial charge on any atom is -0.445 e. The van der Waals surface area contributed by atoms with E-state index in [0.717, 1.165) is 6.26 Å². The summed E-state index contributed by atoms with van der Waals surface area (Å²) >= 11 is 1.28. The summed E-state index contributed by atoms with van der Waals surface area (Å²) in [7, 11) is -3.51. The number of hydrogen-bond acceptors (Lipinski definition) is 11. The second-order valence-corrected chi connectivity index (χ2v) is 10.7. The molecule has 2 aliphatic heterocycles. The Morgan fingerprint density at radius 3 is 2.63 bits per heavy atom. The van der Waals surface area contributed by atoms with Gasteiger partial charge in [0.2, 0.25) is 0 Å². The molecule has 1 atom stereocenters. The number of amides is 2. The minimum atomic E-state index is -3.51. The highest BCUT2D eigenvalue weighted by molar-refractivity contribution is 7.86. The number of nitro benzene ring substituents is 1. The van der Waals surface area contributed by atoms with Gasteiger partial charge in [0.15, 0.2) is 5.13 Å². The Hall–Kier alpha value is -3.30. The average Bonchev–Trinajstić information content (AvgIpc) is 3.44. The lowest BCUT2D eigenvalue weighted by molar-refractivity contribution is -0.384. The first-order chi connectivity index (χ1) is 16.6. The fourth-order valence-electron chi connectivity index (χ4n) is 3.67. The van der Waals surface area contributed by atoms with Crippen LogP contribution in [0.3, 0.4) is 0 Å². The van der Waals surface area contributed by atoms with E-state index in [0.29, 0.717) is 43.3 Å². The van der Waals surface area contributed by atoms with Crippen LogP contribution in [0.2, 0.25) is 0 Å². The number of nitrogens with zero attached hydrogens (tertiary/aromatic N) is 4. The molecule has 0 aliphatic carbocycles. The fourth-order valence-corrected chi connectivity index (χ4v) is 5.11. The summed E-state index contributed by atoms with van der Waals surface area (Å²) in [6.07, 6.45) is 0.617. The summed E-state index contributed by atoms with van der Waals surface area (Å²) in [6, 6.07) is 5.49. The summed E-state index contributed by atoms with van der Waals surface area (Å²) in [6.45, 7) is 1.45. The van der Waals surface area contributed by atoms with Crippen molar-refractivity contribution in [2.75, 3.05) is 37.3 Å². The van der Waals surface area contributed by atoms with Crippen LogP contribution in [0.5, 0.6) is 0 Å². The Labute approximate surface area is 204 Å². The van der Waals surface area contributed by atoms with Crippen LogP contribution in [0, 0.1) is 10.1 Å². The van der Waals surface area contributed by atoms with Crippen molar-refractivity contribution in [2.45, 2.75) is 25.2 Å². The van der Waals surface area contributed by atoms with E-state index in [1.807, 2.05) is 4.90 Å². The molecule has 2 aromatic rings. The summed E-state index contributed by atoms with van der Waals surface area (Å²) in [5.41, 5.74) is 0.834. The van der Waals surface area contributed by atoms with Crippen molar-refractivity contribution in [3.05, 3.63) is 51.0 Å². The van der Waals surface area contributed by atoms with Gasteiger partial charge in [-0.3, -0.25) is 19.1 Å². The minimum absolute atomic E-state index is 0.0153. The Morgan fingerprint density at radius 2 is 1.97 bits per heavy atom. The van der Waals surface area contributed by atoms with Crippen LogP contribution in [-0.2, 0) is 25.6 Å². The SMILES string of the molecule is CS(=O)(=O)OC1CN(c2nc(C(=O)N[C@@H]3CCN(C(=O)OCc4ccc([N+](=O)[O-])cc4)C3)cs2)C1. The number of rotatable bonds is 8. The maximum absolute atomic E-state index is 12.6. The van der Waals surface area contributed by atoms with E-state index in [1.165, 1.54) is 40.5 Å². The Balaban J connectivity index is 1.21. The monoisotopic (exact) mass is 525 g/mol. The number of hydrogen-bond donors (Lipinski definition) is 1. The number of nitrogens with one attached hydrogen (secondary N) is 1. The zero-order valence-electron chi connectivity index (χ0n) is 18.7. The molecule has 3 heterocycles. The number of carbonyl (C=O) groups is 2. The van der Waals surface area contributed by atoms with Crippen LogP contribution in [0.4, 0.5) is 15.6 Å². The van der Waals surface area contributed by atoms with E-state index < -0.39 is 27.2 Å². The van der Waals surface area contributed by atoms with E-state index in [-0.39, 0.29) is 29.9 Å². The van der Waals surface area contributed by atoms with Crippen LogP contribution in [0.25, 0.3) is 0 Å². The van der Waals surface area contributed by atoms with Gasteiger partial charge in [-0.25, -0.2) is 9.78 Å². The van der Waals surface area contributed by atoms with Gasteiger partial charge in [0.25, 0.3) is 21.7 Å². The number of likely N-dealkylation sites (tertiary alicyclic amines) is 1. The Kier molecular flexibility index (Phi) is 7.18. The van der Waals surface area contributed by atoms with Crippen molar-refractivity contribution in [1.29, 1.82) is 0 Å². The van der Waals surface area contributed by atoms with Gasteiger partial charge in [0, 0.05) is 49.7 Å². The normalized spacial score (nSPS) is 18.3. The lowest BCUT2D eigenvalue weighted by atomic mass is 10.2. The van der Waals surface area contributed by atoms with E-state index in [2.05, 4.69) is 10.3 Å². The predicted octanol–water partition coefficient (Wildman–Crippen LogP) is 1.36. The van der Waals surface area contributed by atoms with Gasteiger partial charge in [-0.15, -0.1) is 11.3 Å². The molecule has 2 amide bonds. The van der Waals surface area contributed by atoms with Crippen LogP contribution < -0.4 is 10.2 Å². The van der Waals surface area contributed by atoms with Crippen LogP contribution in [0.15, 0.2) is 29.6 Å². The molecule has 4 rings (SSSR count). The molecular weight excluding hydrogens is 502 g/mol. The number of carbonyl (C=O) groups excluding carboxylic acids is 2. The second kappa shape index (κ2) is 10.1. The maximum atomic E-state index is 12.6. The third-order valence-electron chi connectivity index (χ3n) is 5.45. The van der Waals surface area contributed by atoms with Crippen LogP contribution in [-0.4, -0.2) is 79.8 Å². The Morgan fingerprint density at radius 1 is 1.26 bits per heavy atom. The lowest BCUT2D eigenvalue weighted by Crippen LogP contribution is -2.53. The van der Waals surface area contributed by atoms with Crippen molar-refractivity contribution in [2.24, 2.45) is 0 Å². The summed E-state index contributed by atoms with van der Waals surface area (Å²) in [5, 5.41) is 15.8. The van der Waals surface area contributed by atoms with Gasteiger partial charge in [0.05, 0.1) is 11.2 Å². The van der Waals surface area contributed by atoms with Crippen molar-refractivity contribution >= 4 is 44.3 Å². The first kappa shape index (κ1) is 24.8. The molecule has 188 valence electrons. The number of nitro groups is 1. The second-order valence-electron chi connectivity index (χ2n) is 8.23. The molecule has 2 aliphatic rings. The van der Waals surface area contributed by atoms with Gasteiger partial charge in [-0.2, -0.15) is 8.42 Å². The number of aromatic nitrogens is 1. The molecule has 2 saturated heterocycles. The van der Waals surface area contributed by atoms with Gasteiger partial charge < -0.3 is 19.9 Å². The summed E-state index contributed by atoms with van der Waals surface area (Å²) in [4.78, 5) is 42.8. The predicted molar refractivity (Wildman–Crippen MR) is 125 cm³/mol. The first-order valence-corrected chi connectivity index (χ1v) is 13.3. The highest BCUT2D eigenvalue weighted by atomic mass is 32.2. The molecule has 1 aromatic heterocycles. The van der Waals surface area contributed by atoms with Gasteiger partial charge in [-0.1, -0.05) is 0 Å². The van der Waals surface area contributed by atoms with Crippen LogP contribution >= 0.6 is 11.3 Å². The average molecular weight is 526 g/mol. The van der Waals surface area contributed by atoms with Crippen LogP contribution in [0.1, 0.15) is 22.5 Å². The molecule has 0 unspecified atom stereocenters. The lowest BCUT2D eigenvalue weighted by Gasteiger charge is -2.37. The van der Waals surface area contributed by atoms with E-state index >= 15 is 0 Å². The zero-order chi connectivity index (χ0) is 25.2. The third-order valence-corrected chi connectivity index (χ3v) is 6.97. The number of ether oxygens (including phenoxy) is 1. The zero-order valence-corrected chi connectivity index (χ0v) is 20.3. The topological polar surface area (TPSA) is 161 Å². The van der Waals surface area contributed by atoms with E-state index in [4.69, 9.17) is 8.92 Å². The largest absolute Gasteiger partial charge is 0.445 e. The molecule has 0 spiro atoms. The third kappa shape index (κ3) is 6.43. The number of non-ortho nitro benzene ring substituents is 1. The smallest absolute Gasteiger partial charge is 0.410 e. The van der Waals surface area contributed by atoms with Crippen molar-refractivity contribution in [1.82, 2.24) is 15.2 Å².